The Balaban J connectivity index is 3.71. The van der Waals surface area contributed by atoms with Crippen LogP contribution in [0.5, 0.6) is 0 Å². The van der Waals surface area contributed by atoms with Gasteiger partial charge in [0.2, 0.25) is 5.91 Å². The number of carbonyl (C=O) groups excluding carboxylic acids is 1. The molecule has 4 atom stereocenters. The minimum Gasteiger partial charge on any atom is -0.394 e. The predicted molar refractivity (Wildman–Crippen MR) is 71.9 cm³/mol. The third kappa shape index (κ3) is 7.73. The molecule has 0 bridgehead atoms. The number of unbranched alkanes of at least 4 members (excludes halogenated alkanes) is 1. The second-order valence-corrected chi connectivity index (χ2v) is 4.63. The Bertz CT molecular complexity index is 266. The first kappa shape index (κ1) is 19.2. The molecule has 7 N–H and O–H groups in total. The highest BCUT2D eigenvalue weighted by Gasteiger charge is 2.29. The molecule has 8 nitrogen and oxygen atoms in total. The van der Waals surface area contributed by atoms with Gasteiger partial charge >= 0.3 is 0 Å². The van der Waals surface area contributed by atoms with E-state index in [1.54, 1.807) is 7.05 Å². The average Bonchev–Trinajstić information content (AvgIpc) is 2.47. The van der Waals surface area contributed by atoms with Crippen LogP contribution in [0.25, 0.3) is 0 Å². The van der Waals surface area contributed by atoms with E-state index in [4.69, 9.17) is 10.2 Å². The van der Waals surface area contributed by atoms with Gasteiger partial charge in [0.05, 0.1) is 12.7 Å². The van der Waals surface area contributed by atoms with Gasteiger partial charge in [0, 0.05) is 20.0 Å². The lowest BCUT2D eigenvalue weighted by atomic mass is 10.0. The van der Waals surface area contributed by atoms with Crippen molar-refractivity contribution in [2.75, 3.05) is 26.7 Å². The summed E-state index contributed by atoms with van der Waals surface area (Å²) in [5.41, 5.74) is 0. The largest absolute Gasteiger partial charge is 0.394 e. The topological polar surface area (TPSA) is 142 Å². The van der Waals surface area contributed by atoms with Crippen molar-refractivity contribution in [2.45, 2.75) is 43.7 Å². The first-order chi connectivity index (χ1) is 9.43. The molecule has 8 heteroatoms. The standard InChI is InChI=1S/C12H26N2O6/c1-13-10(18)4-2-3-5-14-6-8(16)11(19)12(20)9(17)7-15/h8-9,11-12,14-17,19-20H,2-7H2,1H3,(H,13,18). The highest BCUT2D eigenvalue weighted by molar-refractivity contribution is 5.75. The molecular weight excluding hydrogens is 268 g/mol. The lowest BCUT2D eigenvalue weighted by molar-refractivity contribution is -0.120. The van der Waals surface area contributed by atoms with Crippen molar-refractivity contribution in [3.8, 4) is 0 Å². The number of rotatable bonds is 11. The zero-order chi connectivity index (χ0) is 15.5. The predicted octanol–water partition coefficient (Wildman–Crippen LogP) is -3.07. The number of hydrogen-bond acceptors (Lipinski definition) is 7. The Hall–Kier alpha value is -0.770. The number of nitrogens with one attached hydrogen (secondary N) is 2. The Morgan fingerprint density at radius 2 is 1.65 bits per heavy atom. The summed E-state index contributed by atoms with van der Waals surface area (Å²) in [7, 11) is 1.57. The third-order valence-corrected chi connectivity index (χ3v) is 2.97. The smallest absolute Gasteiger partial charge is 0.219 e. The van der Waals surface area contributed by atoms with Crippen LogP contribution in [-0.2, 0) is 4.79 Å². The van der Waals surface area contributed by atoms with Crippen LogP contribution in [0.3, 0.4) is 0 Å². The average molecular weight is 294 g/mol. The van der Waals surface area contributed by atoms with E-state index in [1.807, 2.05) is 0 Å². The van der Waals surface area contributed by atoms with Gasteiger partial charge in [0.25, 0.3) is 0 Å². The monoisotopic (exact) mass is 294 g/mol. The molecule has 0 aliphatic rings. The minimum absolute atomic E-state index is 0.0263. The molecule has 0 heterocycles. The molecule has 4 unspecified atom stereocenters. The van der Waals surface area contributed by atoms with Crippen molar-refractivity contribution >= 4 is 5.91 Å². The fourth-order valence-corrected chi connectivity index (χ4v) is 1.59. The van der Waals surface area contributed by atoms with Crippen LogP contribution in [0, 0.1) is 0 Å². The van der Waals surface area contributed by atoms with E-state index >= 15 is 0 Å². The molecule has 0 aromatic heterocycles. The summed E-state index contributed by atoms with van der Waals surface area (Å²) in [5.74, 6) is -0.0263. The SMILES string of the molecule is CNC(=O)CCCCNCC(O)C(O)C(O)C(O)CO. The third-order valence-electron chi connectivity index (χ3n) is 2.97. The molecular formula is C12H26N2O6. The van der Waals surface area contributed by atoms with Crippen LogP contribution in [0.4, 0.5) is 0 Å². The van der Waals surface area contributed by atoms with Crippen LogP contribution in [-0.4, -0.2) is 82.6 Å². The second kappa shape index (κ2) is 11.0. The molecule has 0 radical (unpaired) electrons. The Morgan fingerprint density at radius 1 is 1.05 bits per heavy atom. The molecule has 120 valence electrons. The molecule has 0 rings (SSSR count). The maximum Gasteiger partial charge on any atom is 0.219 e. The van der Waals surface area contributed by atoms with Crippen molar-refractivity contribution in [1.82, 2.24) is 10.6 Å². The molecule has 1 amide bonds. The minimum atomic E-state index is -1.61. The van der Waals surface area contributed by atoms with Crippen molar-refractivity contribution in [3.05, 3.63) is 0 Å². The molecule has 0 fully saturated rings. The summed E-state index contributed by atoms with van der Waals surface area (Å²) in [5, 5.41) is 51.7. The first-order valence-corrected chi connectivity index (χ1v) is 6.68. The summed E-state index contributed by atoms with van der Waals surface area (Å²) in [4.78, 5) is 10.9. The van der Waals surface area contributed by atoms with Crippen LogP contribution < -0.4 is 10.6 Å². The van der Waals surface area contributed by atoms with Gasteiger partial charge in [-0.15, -0.1) is 0 Å². The van der Waals surface area contributed by atoms with Crippen LogP contribution >= 0.6 is 0 Å². The molecule has 0 aromatic rings. The molecule has 20 heavy (non-hydrogen) atoms. The lowest BCUT2D eigenvalue weighted by Crippen LogP contribution is -2.49. The van der Waals surface area contributed by atoms with Crippen molar-refractivity contribution < 1.29 is 30.3 Å². The molecule has 0 aromatic carbocycles. The number of aliphatic hydroxyl groups is 5. The second-order valence-electron chi connectivity index (χ2n) is 4.63. The van der Waals surface area contributed by atoms with Gasteiger partial charge in [0.1, 0.15) is 18.3 Å². The number of amides is 1. The van der Waals surface area contributed by atoms with E-state index in [0.29, 0.717) is 19.4 Å². The molecule has 0 spiro atoms. The Morgan fingerprint density at radius 3 is 2.20 bits per heavy atom. The molecule has 0 saturated heterocycles. The van der Waals surface area contributed by atoms with Crippen molar-refractivity contribution in [3.63, 3.8) is 0 Å². The number of aliphatic hydroxyl groups excluding tert-OH is 5. The summed E-state index contributed by atoms with van der Waals surface area (Å²) in [6, 6.07) is 0. The van der Waals surface area contributed by atoms with Gasteiger partial charge in [-0.3, -0.25) is 4.79 Å². The number of hydrogen-bond donors (Lipinski definition) is 7. The summed E-state index contributed by atoms with van der Waals surface area (Å²) >= 11 is 0. The van der Waals surface area contributed by atoms with E-state index in [2.05, 4.69) is 10.6 Å². The van der Waals surface area contributed by atoms with E-state index in [-0.39, 0.29) is 12.5 Å². The Labute approximate surface area is 118 Å². The van der Waals surface area contributed by atoms with Gasteiger partial charge < -0.3 is 36.2 Å². The fraction of sp³-hybridized carbons (Fsp3) is 0.917. The maximum atomic E-state index is 10.9. The van der Waals surface area contributed by atoms with Crippen LogP contribution in [0.1, 0.15) is 19.3 Å². The van der Waals surface area contributed by atoms with E-state index in [9.17, 15) is 20.1 Å². The van der Waals surface area contributed by atoms with E-state index in [1.165, 1.54) is 0 Å². The zero-order valence-electron chi connectivity index (χ0n) is 11.7. The van der Waals surface area contributed by atoms with Gasteiger partial charge in [-0.25, -0.2) is 0 Å². The first-order valence-electron chi connectivity index (χ1n) is 6.68. The highest BCUT2D eigenvalue weighted by atomic mass is 16.4. The normalized spacial score (nSPS) is 17.3. The van der Waals surface area contributed by atoms with Gasteiger partial charge in [-0.2, -0.15) is 0 Å². The van der Waals surface area contributed by atoms with E-state index in [0.717, 1.165) is 6.42 Å². The summed E-state index contributed by atoms with van der Waals surface area (Å²) in [6.07, 6.45) is -4.03. The molecule has 0 saturated carbocycles. The Kier molecular flexibility index (Phi) is 10.5. The van der Waals surface area contributed by atoms with E-state index < -0.39 is 31.0 Å². The van der Waals surface area contributed by atoms with Crippen molar-refractivity contribution in [2.24, 2.45) is 0 Å². The van der Waals surface area contributed by atoms with Gasteiger partial charge in [-0.1, -0.05) is 0 Å². The fourth-order valence-electron chi connectivity index (χ4n) is 1.59. The summed E-state index contributed by atoms with van der Waals surface area (Å²) in [6.45, 7) is -0.104. The zero-order valence-corrected chi connectivity index (χ0v) is 11.7. The molecule has 0 aliphatic carbocycles. The maximum absolute atomic E-state index is 10.9. The molecule has 0 aliphatic heterocycles. The number of carbonyl (C=O) groups is 1. The van der Waals surface area contributed by atoms with Crippen LogP contribution in [0.15, 0.2) is 0 Å². The highest BCUT2D eigenvalue weighted by Crippen LogP contribution is 2.04. The lowest BCUT2D eigenvalue weighted by Gasteiger charge is -2.25. The van der Waals surface area contributed by atoms with Crippen molar-refractivity contribution in [1.29, 1.82) is 0 Å². The van der Waals surface area contributed by atoms with Gasteiger partial charge in [0.15, 0.2) is 0 Å². The quantitative estimate of drug-likeness (QED) is 0.200. The summed E-state index contributed by atoms with van der Waals surface area (Å²) < 4.78 is 0. The van der Waals surface area contributed by atoms with Gasteiger partial charge in [-0.05, 0) is 19.4 Å². The van der Waals surface area contributed by atoms with Crippen LogP contribution in [0.2, 0.25) is 0 Å².